The first kappa shape index (κ1) is 21.7. The lowest BCUT2D eigenvalue weighted by molar-refractivity contribution is -0.0374. The second-order valence-electron chi connectivity index (χ2n) is 7.35. The van der Waals surface area contributed by atoms with Crippen molar-refractivity contribution < 1.29 is 13.9 Å². The van der Waals surface area contributed by atoms with Crippen molar-refractivity contribution in [3.8, 4) is 0 Å². The molecule has 0 saturated heterocycles. The number of rotatable bonds is 6. The van der Waals surface area contributed by atoms with Gasteiger partial charge in [-0.1, -0.05) is 36.2 Å². The fourth-order valence-corrected chi connectivity index (χ4v) is 4.19. The first-order valence-electron chi connectivity index (χ1n) is 9.61. The van der Waals surface area contributed by atoms with Gasteiger partial charge in [-0.15, -0.1) is 0 Å². The summed E-state index contributed by atoms with van der Waals surface area (Å²) in [5, 5.41) is 22.0. The van der Waals surface area contributed by atoms with E-state index in [1.54, 1.807) is 23.7 Å². The van der Waals surface area contributed by atoms with Gasteiger partial charge < -0.3 is 5.11 Å². The Morgan fingerprint density at radius 1 is 1.16 bits per heavy atom. The number of aromatic nitrogens is 5. The van der Waals surface area contributed by atoms with Gasteiger partial charge in [0.05, 0.1) is 28.1 Å². The molecule has 6 nitrogen and oxygen atoms in total. The summed E-state index contributed by atoms with van der Waals surface area (Å²) >= 11 is 12.4. The lowest BCUT2D eigenvalue weighted by atomic mass is 9.86. The second-order valence-corrected chi connectivity index (χ2v) is 8.16. The Bertz CT molecular complexity index is 1240. The third-order valence-corrected chi connectivity index (χ3v) is 6.22. The largest absolute Gasteiger partial charge is 0.381 e. The van der Waals surface area contributed by atoms with E-state index in [2.05, 4.69) is 15.2 Å². The fourth-order valence-electron chi connectivity index (χ4n) is 3.87. The van der Waals surface area contributed by atoms with Gasteiger partial charge in [0.25, 0.3) is 0 Å². The molecule has 0 saturated carbocycles. The van der Waals surface area contributed by atoms with Crippen molar-refractivity contribution in [1.82, 2.24) is 24.5 Å². The first-order chi connectivity index (χ1) is 14.7. The van der Waals surface area contributed by atoms with Crippen LogP contribution in [0.5, 0.6) is 0 Å². The minimum absolute atomic E-state index is 0.0745. The number of aliphatic hydroxyl groups is 1. The number of hydrogen-bond acceptors (Lipinski definition) is 4. The van der Waals surface area contributed by atoms with E-state index in [0.717, 1.165) is 23.2 Å². The molecule has 0 radical (unpaired) electrons. The molecule has 0 aliphatic heterocycles. The minimum atomic E-state index is -1.83. The molecule has 4 rings (SSSR count). The molecule has 0 aliphatic carbocycles. The van der Waals surface area contributed by atoms with Crippen molar-refractivity contribution in [2.75, 3.05) is 0 Å². The molecule has 2 heterocycles. The smallest absolute Gasteiger partial charge is 0.137 e. The molecular formula is C21H19Cl2F2N5O. The van der Waals surface area contributed by atoms with Crippen LogP contribution in [-0.2, 0) is 18.6 Å². The van der Waals surface area contributed by atoms with Gasteiger partial charge in [0.2, 0.25) is 0 Å². The zero-order valence-electron chi connectivity index (χ0n) is 16.7. The van der Waals surface area contributed by atoms with E-state index in [4.69, 9.17) is 23.2 Å². The summed E-state index contributed by atoms with van der Waals surface area (Å²) in [5.74, 6) is -1.60. The molecule has 2 aromatic heterocycles. The van der Waals surface area contributed by atoms with Crippen molar-refractivity contribution >= 4 is 34.1 Å². The van der Waals surface area contributed by atoms with Crippen LogP contribution in [0.25, 0.3) is 10.9 Å². The van der Waals surface area contributed by atoms with Gasteiger partial charge in [-0.3, -0.25) is 4.68 Å². The lowest BCUT2D eigenvalue weighted by Gasteiger charge is -2.35. The molecule has 2 atom stereocenters. The Kier molecular flexibility index (Phi) is 5.72. The Balaban J connectivity index is 1.91. The van der Waals surface area contributed by atoms with Crippen molar-refractivity contribution in [2.45, 2.75) is 38.5 Å². The number of fused-ring (bicyclic) bond motifs is 1. The van der Waals surface area contributed by atoms with Gasteiger partial charge in [-0.2, -0.15) is 10.2 Å². The van der Waals surface area contributed by atoms with Crippen LogP contribution in [0, 0.1) is 11.6 Å². The Morgan fingerprint density at radius 3 is 2.55 bits per heavy atom. The van der Waals surface area contributed by atoms with Crippen LogP contribution in [0.15, 0.2) is 43.0 Å². The highest BCUT2D eigenvalue weighted by Gasteiger charge is 2.41. The first-order valence-corrected chi connectivity index (χ1v) is 10.4. The Labute approximate surface area is 187 Å². The Hall–Kier alpha value is -2.55. The molecule has 0 aliphatic rings. The van der Waals surface area contributed by atoms with E-state index >= 15 is 0 Å². The van der Waals surface area contributed by atoms with Gasteiger partial charge >= 0.3 is 0 Å². The maximum Gasteiger partial charge on any atom is 0.137 e. The van der Waals surface area contributed by atoms with Gasteiger partial charge in [0.1, 0.15) is 29.9 Å². The summed E-state index contributed by atoms with van der Waals surface area (Å²) in [6, 6.07) is 5.70. The number of nitrogens with zero attached hydrogens (tertiary/aromatic N) is 5. The molecule has 10 heteroatoms. The summed E-state index contributed by atoms with van der Waals surface area (Å²) in [4.78, 5) is 3.89. The second kappa shape index (κ2) is 8.18. The molecule has 0 unspecified atom stereocenters. The lowest BCUT2D eigenvalue weighted by Crippen LogP contribution is -2.41. The average molecular weight is 466 g/mol. The normalized spacial score (nSPS) is 14.7. The summed E-state index contributed by atoms with van der Waals surface area (Å²) < 4.78 is 31.4. The third-order valence-electron chi connectivity index (χ3n) is 5.50. The fraction of sp³-hybridized carbons (Fsp3) is 0.286. The molecule has 4 aromatic rings. The van der Waals surface area contributed by atoms with E-state index in [-0.39, 0.29) is 12.1 Å². The molecule has 0 amide bonds. The van der Waals surface area contributed by atoms with E-state index in [9.17, 15) is 13.9 Å². The summed E-state index contributed by atoms with van der Waals surface area (Å²) in [6.07, 6.45) is 3.30. The van der Waals surface area contributed by atoms with E-state index < -0.39 is 23.3 Å². The van der Waals surface area contributed by atoms with E-state index in [0.29, 0.717) is 22.0 Å². The predicted molar refractivity (Wildman–Crippen MR) is 114 cm³/mol. The van der Waals surface area contributed by atoms with E-state index in [1.165, 1.54) is 23.4 Å². The van der Waals surface area contributed by atoms with Crippen molar-refractivity contribution in [2.24, 2.45) is 0 Å². The van der Waals surface area contributed by atoms with Gasteiger partial charge in [-0.25, -0.2) is 18.4 Å². The summed E-state index contributed by atoms with van der Waals surface area (Å²) in [6.45, 7) is 3.53. The minimum Gasteiger partial charge on any atom is -0.381 e. The SMILES string of the molecule is CCc1c2cc(Cl)c(Cl)cc2nn1[C@H](C)[C@](O)(Cn1cncn1)c1ccc(F)cc1F. The third kappa shape index (κ3) is 3.79. The number of hydrogen-bond donors (Lipinski definition) is 1. The van der Waals surface area contributed by atoms with Crippen LogP contribution in [0.3, 0.4) is 0 Å². The van der Waals surface area contributed by atoms with Crippen LogP contribution in [0.2, 0.25) is 10.0 Å². The zero-order chi connectivity index (χ0) is 22.3. The van der Waals surface area contributed by atoms with Gasteiger partial charge in [-0.05, 0) is 31.5 Å². The molecule has 31 heavy (non-hydrogen) atoms. The summed E-state index contributed by atoms with van der Waals surface area (Å²) in [7, 11) is 0. The maximum atomic E-state index is 14.8. The molecule has 0 spiro atoms. The van der Waals surface area contributed by atoms with Gasteiger partial charge in [0, 0.05) is 22.7 Å². The van der Waals surface area contributed by atoms with Crippen molar-refractivity contribution in [3.05, 3.63) is 75.9 Å². The Morgan fingerprint density at radius 2 is 1.90 bits per heavy atom. The maximum absolute atomic E-state index is 14.8. The molecule has 0 fully saturated rings. The highest BCUT2D eigenvalue weighted by atomic mass is 35.5. The number of benzene rings is 2. The van der Waals surface area contributed by atoms with Crippen LogP contribution >= 0.6 is 23.2 Å². The highest BCUT2D eigenvalue weighted by molar-refractivity contribution is 6.42. The topological polar surface area (TPSA) is 68.8 Å². The van der Waals surface area contributed by atoms with Crippen LogP contribution in [0.1, 0.15) is 31.1 Å². The molecule has 2 aromatic carbocycles. The predicted octanol–water partition coefficient (Wildman–Crippen LogP) is 4.92. The quantitative estimate of drug-likeness (QED) is 0.438. The van der Waals surface area contributed by atoms with Crippen molar-refractivity contribution in [1.29, 1.82) is 0 Å². The monoisotopic (exact) mass is 465 g/mol. The van der Waals surface area contributed by atoms with Crippen LogP contribution < -0.4 is 0 Å². The van der Waals surface area contributed by atoms with Crippen LogP contribution in [-0.4, -0.2) is 29.7 Å². The molecule has 0 bridgehead atoms. The zero-order valence-corrected chi connectivity index (χ0v) is 18.2. The highest BCUT2D eigenvalue weighted by Crippen LogP contribution is 2.39. The van der Waals surface area contributed by atoms with Crippen LogP contribution in [0.4, 0.5) is 8.78 Å². The van der Waals surface area contributed by atoms with Gasteiger partial charge in [0.15, 0.2) is 0 Å². The molecule has 1 N–H and O–H groups in total. The average Bonchev–Trinajstić information content (AvgIpc) is 3.34. The number of aryl methyl sites for hydroxylation is 1. The number of halogens is 4. The molecule has 162 valence electrons. The standard InChI is InChI=1S/C21H19Cl2F2N5O/c1-3-20-14-7-16(22)17(23)8-19(14)28-30(20)12(2)21(31,9-29-11-26-10-27-29)15-5-4-13(24)6-18(15)25/h4-8,10-12,31H,3,9H2,1-2H3/t12-,21-/m1/s1. The van der Waals surface area contributed by atoms with Crippen molar-refractivity contribution in [3.63, 3.8) is 0 Å². The van der Waals surface area contributed by atoms with E-state index in [1.807, 2.05) is 6.92 Å². The summed E-state index contributed by atoms with van der Waals surface area (Å²) in [5.41, 5.74) is -0.513. The molecular weight excluding hydrogens is 447 g/mol.